The van der Waals surface area contributed by atoms with Crippen molar-refractivity contribution in [2.75, 3.05) is 26.7 Å². The summed E-state index contributed by atoms with van der Waals surface area (Å²) in [6.45, 7) is 6.84. The van der Waals surface area contributed by atoms with Gasteiger partial charge in [0.15, 0.2) is 0 Å². The molecule has 1 heterocycles. The van der Waals surface area contributed by atoms with Crippen LogP contribution in [0.3, 0.4) is 0 Å². The van der Waals surface area contributed by atoms with E-state index in [-0.39, 0.29) is 12.0 Å². The molecule has 1 amide bonds. The van der Waals surface area contributed by atoms with Crippen molar-refractivity contribution in [1.82, 2.24) is 10.2 Å². The third-order valence-corrected chi connectivity index (χ3v) is 3.30. The Hall–Kier alpha value is -0.610. The Balaban J connectivity index is 2.36. The Bertz CT molecular complexity index is 215. The lowest BCUT2D eigenvalue weighted by atomic mass is 10.1. The van der Waals surface area contributed by atoms with Crippen LogP contribution >= 0.6 is 0 Å². The van der Waals surface area contributed by atoms with E-state index in [0.29, 0.717) is 12.5 Å². The van der Waals surface area contributed by atoms with Crippen molar-refractivity contribution >= 4 is 5.91 Å². The van der Waals surface area contributed by atoms with E-state index in [2.05, 4.69) is 12.2 Å². The molecule has 1 N–H and O–H groups in total. The topological polar surface area (TPSA) is 41.6 Å². The number of likely N-dealkylation sites (N-methyl/N-ethyl adjacent to an activating group) is 1. The van der Waals surface area contributed by atoms with E-state index in [0.717, 1.165) is 32.5 Å². The largest absolute Gasteiger partial charge is 0.382 e. The smallest absolute Gasteiger partial charge is 0.222 e. The number of hydrogen-bond acceptors (Lipinski definition) is 3. The summed E-state index contributed by atoms with van der Waals surface area (Å²) in [7, 11) is 1.69. The average Bonchev–Trinajstić information content (AvgIpc) is 2.80. The first-order valence-electron chi connectivity index (χ1n) is 6.22. The highest BCUT2D eigenvalue weighted by molar-refractivity contribution is 5.76. The number of nitrogens with zero attached hydrogens (tertiary/aromatic N) is 1. The highest BCUT2D eigenvalue weighted by Gasteiger charge is 2.24. The third-order valence-electron chi connectivity index (χ3n) is 3.30. The number of ether oxygens (including phenoxy) is 1. The number of carbonyl (C=O) groups excluding carboxylic acids is 1. The summed E-state index contributed by atoms with van der Waals surface area (Å²) in [5.74, 6) is 0.264. The van der Waals surface area contributed by atoms with Crippen molar-refractivity contribution in [3.63, 3.8) is 0 Å². The molecular formula is C12H24N2O2. The Kier molecular flexibility index (Phi) is 5.77. The maximum Gasteiger partial charge on any atom is 0.222 e. The van der Waals surface area contributed by atoms with E-state index >= 15 is 0 Å². The third kappa shape index (κ3) is 3.76. The van der Waals surface area contributed by atoms with Crippen LogP contribution in [-0.4, -0.2) is 49.7 Å². The Morgan fingerprint density at radius 2 is 2.38 bits per heavy atom. The van der Waals surface area contributed by atoms with E-state index in [1.54, 1.807) is 7.11 Å². The Labute approximate surface area is 98.3 Å². The van der Waals surface area contributed by atoms with Crippen molar-refractivity contribution < 1.29 is 9.53 Å². The van der Waals surface area contributed by atoms with E-state index in [4.69, 9.17) is 4.74 Å². The van der Waals surface area contributed by atoms with Crippen molar-refractivity contribution in [2.24, 2.45) is 0 Å². The molecule has 0 aromatic rings. The first-order valence-corrected chi connectivity index (χ1v) is 6.22. The van der Waals surface area contributed by atoms with Crippen molar-refractivity contribution in [3.05, 3.63) is 0 Å². The van der Waals surface area contributed by atoms with Gasteiger partial charge in [-0.25, -0.2) is 0 Å². The van der Waals surface area contributed by atoms with Crippen molar-refractivity contribution in [3.8, 4) is 0 Å². The van der Waals surface area contributed by atoms with Crippen LogP contribution in [0.1, 0.15) is 33.1 Å². The van der Waals surface area contributed by atoms with Gasteiger partial charge in [-0.1, -0.05) is 0 Å². The first kappa shape index (κ1) is 13.5. The number of methoxy groups -OCH3 is 1. The van der Waals surface area contributed by atoms with Crippen LogP contribution in [0.25, 0.3) is 0 Å². The summed E-state index contributed by atoms with van der Waals surface area (Å²) in [5.41, 5.74) is 0. The molecule has 94 valence electrons. The van der Waals surface area contributed by atoms with Crippen LogP contribution in [-0.2, 0) is 9.53 Å². The summed E-state index contributed by atoms with van der Waals surface area (Å²) in [5, 5.41) is 3.30. The van der Waals surface area contributed by atoms with Crippen molar-refractivity contribution in [1.29, 1.82) is 0 Å². The molecule has 0 bridgehead atoms. The highest BCUT2D eigenvalue weighted by atomic mass is 16.5. The predicted octanol–water partition coefficient (Wildman–Crippen LogP) is 1.01. The van der Waals surface area contributed by atoms with E-state index < -0.39 is 0 Å². The highest BCUT2D eigenvalue weighted by Crippen LogP contribution is 2.11. The normalized spacial score (nSPS) is 22.1. The van der Waals surface area contributed by atoms with Gasteiger partial charge in [-0.05, 0) is 33.2 Å². The van der Waals surface area contributed by atoms with Gasteiger partial charge in [-0.15, -0.1) is 0 Å². The molecule has 0 aromatic heterocycles. The number of hydrogen-bond donors (Lipinski definition) is 1. The average molecular weight is 228 g/mol. The molecule has 1 fully saturated rings. The molecule has 1 rings (SSSR count). The number of carbonyl (C=O) groups is 1. The van der Waals surface area contributed by atoms with Gasteiger partial charge in [-0.3, -0.25) is 4.79 Å². The fourth-order valence-electron chi connectivity index (χ4n) is 2.13. The molecule has 2 unspecified atom stereocenters. The molecule has 1 aliphatic rings. The molecule has 1 aliphatic heterocycles. The van der Waals surface area contributed by atoms with Crippen LogP contribution in [0, 0.1) is 0 Å². The molecule has 0 radical (unpaired) electrons. The minimum atomic E-state index is 0.171. The van der Waals surface area contributed by atoms with E-state index in [1.165, 1.54) is 0 Å². The summed E-state index contributed by atoms with van der Waals surface area (Å²) in [6, 6.07) is 0.398. The second kappa shape index (κ2) is 6.86. The minimum Gasteiger partial charge on any atom is -0.382 e. The lowest BCUT2D eigenvalue weighted by molar-refractivity contribution is -0.133. The maximum atomic E-state index is 12.0. The van der Waals surface area contributed by atoms with E-state index in [1.807, 2.05) is 11.8 Å². The van der Waals surface area contributed by atoms with Gasteiger partial charge in [0.05, 0.1) is 6.10 Å². The lowest BCUT2D eigenvalue weighted by Crippen LogP contribution is -2.41. The fourth-order valence-corrected chi connectivity index (χ4v) is 2.13. The van der Waals surface area contributed by atoms with Crippen LogP contribution in [0.2, 0.25) is 0 Å². The number of rotatable bonds is 6. The molecule has 4 heteroatoms. The van der Waals surface area contributed by atoms with Gasteiger partial charge in [-0.2, -0.15) is 0 Å². The first-order chi connectivity index (χ1) is 7.69. The van der Waals surface area contributed by atoms with E-state index in [9.17, 15) is 4.79 Å². The molecule has 16 heavy (non-hydrogen) atoms. The number of nitrogens with one attached hydrogen (secondary N) is 1. The van der Waals surface area contributed by atoms with Gasteiger partial charge in [0, 0.05) is 32.7 Å². The quantitative estimate of drug-likeness (QED) is 0.738. The molecule has 0 saturated carbocycles. The van der Waals surface area contributed by atoms with Crippen LogP contribution < -0.4 is 5.32 Å². The van der Waals surface area contributed by atoms with Crippen LogP contribution in [0.4, 0.5) is 0 Å². The summed E-state index contributed by atoms with van der Waals surface area (Å²) in [4.78, 5) is 14.0. The zero-order valence-corrected chi connectivity index (χ0v) is 10.7. The van der Waals surface area contributed by atoms with Gasteiger partial charge in [0.25, 0.3) is 0 Å². The standard InChI is InChI=1S/C12H24N2O2/c1-4-14(11-7-8-13-9-11)12(15)6-5-10(2)16-3/h10-11,13H,4-9H2,1-3H3. The fraction of sp³-hybridized carbons (Fsp3) is 0.917. The number of amides is 1. The SMILES string of the molecule is CCN(C(=O)CCC(C)OC)C1CCNC1. The molecule has 0 aliphatic carbocycles. The Morgan fingerprint density at radius 1 is 1.62 bits per heavy atom. The monoisotopic (exact) mass is 228 g/mol. The van der Waals surface area contributed by atoms with Gasteiger partial charge in [0.2, 0.25) is 5.91 Å². The lowest BCUT2D eigenvalue weighted by Gasteiger charge is -2.27. The second-order valence-corrected chi connectivity index (χ2v) is 4.41. The van der Waals surface area contributed by atoms with Gasteiger partial charge >= 0.3 is 0 Å². The summed E-state index contributed by atoms with van der Waals surface area (Å²) in [6.07, 6.45) is 2.66. The summed E-state index contributed by atoms with van der Waals surface area (Å²) < 4.78 is 5.16. The molecule has 4 nitrogen and oxygen atoms in total. The van der Waals surface area contributed by atoms with Crippen LogP contribution in [0.5, 0.6) is 0 Å². The minimum absolute atomic E-state index is 0.171. The molecule has 2 atom stereocenters. The zero-order valence-electron chi connectivity index (χ0n) is 10.7. The van der Waals surface area contributed by atoms with Gasteiger partial charge in [0.1, 0.15) is 0 Å². The molecule has 1 saturated heterocycles. The second-order valence-electron chi connectivity index (χ2n) is 4.41. The van der Waals surface area contributed by atoms with Crippen LogP contribution in [0.15, 0.2) is 0 Å². The Morgan fingerprint density at radius 3 is 2.88 bits per heavy atom. The summed E-state index contributed by atoms with van der Waals surface area (Å²) >= 11 is 0. The molecule has 0 aromatic carbocycles. The van der Waals surface area contributed by atoms with Gasteiger partial charge < -0.3 is 15.0 Å². The molecular weight excluding hydrogens is 204 g/mol. The zero-order chi connectivity index (χ0) is 12.0. The molecule has 0 spiro atoms. The van der Waals surface area contributed by atoms with Crippen molar-refractivity contribution in [2.45, 2.75) is 45.3 Å². The predicted molar refractivity (Wildman–Crippen MR) is 64.4 cm³/mol. The maximum absolute atomic E-state index is 12.0.